The first-order valence-electron chi connectivity index (χ1n) is 9.08. The maximum Gasteiger partial charge on any atom is 0.253 e. The summed E-state index contributed by atoms with van der Waals surface area (Å²) in [6.07, 6.45) is 1.76. The van der Waals surface area contributed by atoms with E-state index in [1.165, 1.54) is 4.88 Å². The molecule has 2 aromatic rings. The number of aryl methyl sites for hydroxylation is 2. The van der Waals surface area contributed by atoms with Crippen LogP contribution in [0.2, 0.25) is 0 Å². The number of nitrogens with zero attached hydrogens (tertiary/aromatic N) is 3. The zero-order chi connectivity index (χ0) is 19.8. The van der Waals surface area contributed by atoms with Crippen LogP contribution in [0.25, 0.3) is 0 Å². The van der Waals surface area contributed by atoms with Crippen LogP contribution >= 0.6 is 35.3 Å². The third kappa shape index (κ3) is 7.38. The molecule has 1 heterocycles. The van der Waals surface area contributed by atoms with Gasteiger partial charge < -0.3 is 15.5 Å². The summed E-state index contributed by atoms with van der Waals surface area (Å²) >= 11 is 1.75. The zero-order valence-corrected chi connectivity index (χ0v) is 20.4. The maximum atomic E-state index is 12.1. The van der Waals surface area contributed by atoms with Gasteiger partial charge in [0.25, 0.3) is 5.91 Å². The fraction of sp³-hybridized carbons (Fsp3) is 0.450. The van der Waals surface area contributed by atoms with Crippen LogP contribution in [0.15, 0.2) is 29.3 Å². The summed E-state index contributed by atoms with van der Waals surface area (Å²) in [5.41, 5.74) is 2.96. The van der Waals surface area contributed by atoms with Crippen LogP contribution in [0.5, 0.6) is 0 Å². The molecule has 1 amide bonds. The first kappa shape index (κ1) is 24.4. The van der Waals surface area contributed by atoms with Crippen molar-refractivity contribution in [3.63, 3.8) is 0 Å². The number of aromatic nitrogens is 1. The van der Waals surface area contributed by atoms with Gasteiger partial charge in [0.1, 0.15) is 0 Å². The Morgan fingerprint density at radius 3 is 2.43 bits per heavy atom. The van der Waals surface area contributed by atoms with Gasteiger partial charge in [0.15, 0.2) is 5.96 Å². The van der Waals surface area contributed by atoms with Gasteiger partial charge in [0, 0.05) is 51.1 Å². The number of guanidine groups is 1. The highest BCUT2D eigenvalue weighted by Gasteiger charge is 2.08. The molecule has 0 unspecified atom stereocenters. The van der Waals surface area contributed by atoms with Crippen LogP contribution in [-0.4, -0.2) is 56.0 Å². The molecule has 0 aliphatic carbocycles. The maximum absolute atomic E-state index is 12.1. The second-order valence-corrected chi connectivity index (χ2v) is 7.85. The first-order valence-corrected chi connectivity index (χ1v) is 9.90. The number of hydrogen-bond donors (Lipinski definition) is 2. The molecule has 8 heteroatoms. The molecule has 2 N–H and O–H groups in total. The summed E-state index contributed by atoms with van der Waals surface area (Å²) in [6.45, 7) is 5.66. The Morgan fingerprint density at radius 2 is 1.86 bits per heavy atom. The Morgan fingerprint density at radius 1 is 1.18 bits per heavy atom. The van der Waals surface area contributed by atoms with Crippen LogP contribution in [0.1, 0.15) is 31.5 Å². The van der Waals surface area contributed by atoms with Crippen molar-refractivity contribution in [2.24, 2.45) is 4.99 Å². The first-order chi connectivity index (χ1) is 12.9. The third-order valence-electron chi connectivity index (χ3n) is 4.15. The lowest BCUT2D eigenvalue weighted by Gasteiger charge is -2.13. The second-order valence-electron chi connectivity index (χ2n) is 6.57. The van der Waals surface area contributed by atoms with Gasteiger partial charge >= 0.3 is 0 Å². The highest BCUT2D eigenvalue weighted by atomic mass is 127. The standard InChI is InChI=1S/C20H29N5OS.HI/c1-14-18(27-15(2)24-14)10-12-23-20(21-3)22-11-9-16-7-6-8-17(13-16)19(26)25(4)5;/h6-8,13H,9-12H2,1-5H3,(H2,21,22,23);1H. The molecule has 2 rings (SSSR count). The minimum atomic E-state index is 0. The highest BCUT2D eigenvalue weighted by molar-refractivity contribution is 14.0. The number of hydrogen-bond acceptors (Lipinski definition) is 4. The van der Waals surface area contributed by atoms with E-state index in [1.807, 2.05) is 31.2 Å². The molecular formula is C20H30IN5OS. The number of aliphatic imine (C=N–C) groups is 1. The smallest absolute Gasteiger partial charge is 0.253 e. The fourth-order valence-corrected chi connectivity index (χ4v) is 3.70. The van der Waals surface area contributed by atoms with Crippen molar-refractivity contribution in [1.82, 2.24) is 20.5 Å². The van der Waals surface area contributed by atoms with E-state index in [9.17, 15) is 4.79 Å². The zero-order valence-electron chi connectivity index (χ0n) is 17.2. The number of benzene rings is 1. The van der Waals surface area contributed by atoms with Gasteiger partial charge in [-0.15, -0.1) is 35.3 Å². The minimum absolute atomic E-state index is 0. The van der Waals surface area contributed by atoms with Gasteiger partial charge in [-0.2, -0.15) is 0 Å². The topological polar surface area (TPSA) is 69.6 Å². The van der Waals surface area contributed by atoms with Crippen LogP contribution in [-0.2, 0) is 12.8 Å². The largest absolute Gasteiger partial charge is 0.356 e. The molecule has 0 spiro atoms. The Bertz CT molecular complexity index is 804. The van der Waals surface area contributed by atoms with Crippen molar-refractivity contribution in [2.75, 3.05) is 34.2 Å². The number of rotatable bonds is 7. The SMILES string of the molecule is CN=C(NCCc1cccc(C(=O)N(C)C)c1)NCCc1sc(C)nc1C.I. The minimum Gasteiger partial charge on any atom is -0.356 e. The highest BCUT2D eigenvalue weighted by Crippen LogP contribution is 2.17. The molecule has 1 aromatic carbocycles. The molecule has 0 atom stereocenters. The predicted molar refractivity (Wildman–Crippen MR) is 128 cm³/mol. The van der Waals surface area contributed by atoms with Crippen LogP contribution in [0.4, 0.5) is 0 Å². The van der Waals surface area contributed by atoms with Crippen molar-refractivity contribution >= 4 is 47.2 Å². The molecule has 0 saturated carbocycles. The third-order valence-corrected chi connectivity index (χ3v) is 5.29. The number of halogens is 1. The van der Waals surface area contributed by atoms with Crippen molar-refractivity contribution in [1.29, 1.82) is 0 Å². The van der Waals surface area contributed by atoms with Gasteiger partial charge in [0.05, 0.1) is 10.7 Å². The van der Waals surface area contributed by atoms with Gasteiger partial charge in [-0.1, -0.05) is 12.1 Å². The molecule has 0 radical (unpaired) electrons. The van der Waals surface area contributed by atoms with Crippen molar-refractivity contribution in [3.05, 3.63) is 51.0 Å². The van der Waals surface area contributed by atoms with E-state index in [0.717, 1.165) is 53.7 Å². The lowest BCUT2D eigenvalue weighted by molar-refractivity contribution is 0.0827. The summed E-state index contributed by atoms with van der Waals surface area (Å²) in [6, 6.07) is 7.77. The molecule has 0 saturated heterocycles. The number of carbonyl (C=O) groups excluding carboxylic acids is 1. The van der Waals surface area contributed by atoms with Gasteiger partial charge in [0.2, 0.25) is 0 Å². The number of amides is 1. The summed E-state index contributed by atoms with van der Waals surface area (Å²) < 4.78 is 0. The summed E-state index contributed by atoms with van der Waals surface area (Å²) in [5.74, 6) is 0.810. The lowest BCUT2D eigenvalue weighted by atomic mass is 10.1. The van der Waals surface area contributed by atoms with E-state index in [4.69, 9.17) is 0 Å². The molecule has 0 aliphatic heterocycles. The Kier molecular flexibility index (Phi) is 10.4. The Balaban J connectivity index is 0.00000392. The molecule has 0 bridgehead atoms. The van der Waals surface area contributed by atoms with Crippen molar-refractivity contribution in [3.8, 4) is 0 Å². The Labute approximate surface area is 188 Å². The van der Waals surface area contributed by atoms with Crippen LogP contribution in [0.3, 0.4) is 0 Å². The van der Waals surface area contributed by atoms with E-state index in [2.05, 4.69) is 27.5 Å². The van der Waals surface area contributed by atoms with Gasteiger partial charge in [-0.3, -0.25) is 9.79 Å². The summed E-state index contributed by atoms with van der Waals surface area (Å²) in [5, 5.41) is 7.78. The molecular weight excluding hydrogens is 485 g/mol. The van der Waals surface area contributed by atoms with Gasteiger partial charge in [-0.25, -0.2) is 4.98 Å². The molecule has 6 nitrogen and oxygen atoms in total. The van der Waals surface area contributed by atoms with E-state index >= 15 is 0 Å². The van der Waals surface area contributed by atoms with E-state index in [1.54, 1.807) is 37.4 Å². The van der Waals surface area contributed by atoms with Gasteiger partial charge in [-0.05, 0) is 38.0 Å². The molecule has 0 fully saturated rings. The lowest BCUT2D eigenvalue weighted by Crippen LogP contribution is -2.39. The number of carbonyl (C=O) groups is 1. The van der Waals surface area contributed by atoms with E-state index in [0.29, 0.717) is 0 Å². The normalized spacial score (nSPS) is 11.0. The Hall–Kier alpha value is -1.68. The van der Waals surface area contributed by atoms with Crippen molar-refractivity contribution < 1.29 is 4.79 Å². The molecule has 1 aromatic heterocycles. The quantitative estimate of drug-likeness (QED) is 0.338. The van der Waals surface area contributed by atoms with Crippen LogP contribution in [0, 0.1) is 13.8 Å². The second kappa shape index (κ2) is 12.0. The van der Waals surface area contributed by atoms with Crippen molar-refractivity contribution in [2.45, 2.75) is 26.7 Å². The fourth-order valence-electron chi connectivity index (χ4n) is 2.76. The molecule has 154 valence electrons. The monoisotopic (exact) mass is 515 g/mol. The summed E-state index contributed by atoms with van der Waals surface area (Å²) in [7, 11) is 5.30. The average Bonchev–Trinajstić information content (AvgIpc) is 2.97. The predicted octanol–water partition coefficient (Wildman–Crippen LogP) is 3.03. The van der Waals surface area contributed by atoms with E-state index < -0.39 is 0 Å². The van der Waals surface area contributed by atoms with E-state index in [-0.39, 0.29) is 29.9 Å². The molecule has 0 aliphatic rings. The number of thiazole rings is 1. The summed E-state index contributed by atoms with van der Waals surface area (Å²) in [4.78, 5) is 23.7. The average molecular weight is 515 g/mol. The number of nitrogens with one attached hydrogen (secondary N) is 2. The van der Waals surface area contributed by atoms with Crippen LogP contribution < -0.4 is 10.6 Å². The molecule has 28 heavy (non-hydrogen) atoms.